The van der Waals surface area contributed by atoms with Crippen molar-refractivity contribution >= 4 is 11.3 Å². The van der Waals surface area contributed by atoms with E-state index in [4.69, 9.17) is 10.1 Å². The first-order valence-corrected chi connectivity index (χ1v) is 3.23. The summed E-state index contributed by atoms with van der Waals surface area (Å²) in [5.41, 5.74) is 7.72. The van der Waals surface area contributed by atoms with Crippen molar-refractivity contribution in [2.45, 2.75) is 0 Å². The summed E-state index contributed by atoms with van der Waals surface area (Å²) in [4.78, 5) is 2.44. The lowest BCUT2D eigenvalue weighted by atomic mass is 10.7. The summed E-state index contributed by atoms with van der Waals surface area (Å²) in [6.07, 6.45) is 0. The highest BCUT2D eigenvalue weighted by Gasteiger charge is 1.86. The number of rotatable bonds is 4. The third-order valence-electron chi connectivity index (χ3n) is 0.501. The van der Waals surface area contributed by atoms with Gasteiger partial charge in [-0.25, -0.2) is 8.93 Å². The molecule has 0 aliphatic heterocycles. The van der Waals surface area contributed by atoms with E-state index in [-0.39, 0.29) is 13.1 Å². The molecular weight excluding hydrogens is 144 g/mol. The van der Waals surface area contributed by atoms with Crippen molar-refractivity contribution in [1.29, 1.82) is 0 Å². The Hall–Kier alpha value is -0.620. The Balaban J connectivity index is 3.10. The van der Waals surface area contributed by atoms with E-state index in [1.54, 1.807) is 0 Å². The SMILES string of the molecule is [N-]=[N+]=NCCNS(=O)O. The van der Waals surface area contributed by atoms with Crippen molar-refractivity contribution in [2.24, 2.45) is 5.11 Å². The van der Waals surface area contributed by atoms with Crippen molar-refractivity contribution in [2.75, 3.05) is 13.1 Å². The Morgan fingerprint density at radius 2 is 2.56 bits per heavy atom. The molecular formula is C2H6N4O2S. The van der Waals surface area contributed by atoms with Crippen LogP contribution in [-0.2, 0) is 11.3 Å². The van der Waals surface area contributed by atoms with Crippen LogP contribution < -0.4 is 4.72 Å². The highest BCUT2D eigenvalue weighted by molar-refractivity contribution is 7.77. The van der Waals surface area contributed by atoms with E-state index in [9.17, 15) is 4.21 Å². The molecule has 0 radical (unpaired) electrons. The van der Waals surface area contributed by atoms with E-state index < -0.39 is 11.3 Å². The molecule has 0 aliphatic rings. The predicted octanol–water partition coefficient (Wildman–Crippen LogP) is 0.0230. The quantitative estimate of drug-likeness (QED) is 0.194. The Kier molecular flexibility index (Phi) is 5.14. The molecule has 0 saturated carbocycles. The Bertz CT molecular complexity index is 140. The molecule has 0 spiro atoms. The van der Waals surface area contributed by atoms with Crippen molar-refractivity contribution in [3.63, 3.8) is 0 Å². The van der Waals surface area contributed by atoms with E-state index in [2.05, 4.69) is 14.7 Å². The Labute approximate surface area is 54.3 Å². The largest absolute Gasteiger partial charge is 0.294 e. The minimum Gasteiger partial charge on any atom is -0.294 e. The molecule has 7 heteroatoms. The second-order valence-corrected chi connectivity index (χ2v) is 1.88. The first-order valence-electron chi connectivity index (χ1n) is 2.12. The van der Waals surface area contributed by atoms with Gasteiger partial charge in [-0.2, -0.15) is 0 Å². The van der Waals surface area contributed by atoms with Gasteiger partial charge in [0.15, 0.2) is 0 Å². The topological polar surface area (TPSA) is 98.1 Å². The third-order valence-corrected chi connectivity index (χ3v) is 0.952. The zero-order chi connectivity index (χ0) is 7.11. The molecule has 9 heavy (non-hydrogen) atoms. The van der Waals surface area contributed by atoms with Crippen LogP contribution in [0.15, 0.2) is 5.11 Å². The summed E-state index contributed by atoms with van der Waals surface area (Å²) in [6.45, 7) is 0.399. The molecule has 0 amide bonds. The first-order chi connectivity index (χ1) is 4.27. The second-order valence-electron chi connectivity index (χ2n) is 1.10. The number of nitrogens with one attached hydrogen (secondary N) is 1. The van der Waals surface area contributed by atoms with Crippen LogP contribution in [0.5, 0.6) is 0 Å². The van der Waals surface area contributed by atoms with Crippen LogP contribution in [-0.4, -0.2) is 21.9 Å². The molecule has 2 N–H and O–H groups in total. The van der Waals surface area contributed by atoms with Gasteiger partial charge in [0, 0.05) is 18.0 Å². The molecule has 0 rings (SSSR count). The van der Waals surface area contributed by atoms with Crippen LogP contribution in [0.25, 0.3) is 10.4 Å². The molecule has 52 valence electrons. The minimum absolute atomic E-state index is 0.183. The summed E-state index contributed by atoms with van der Waals surface area (Å²) < 4.78 is 20.0. The van der Waals surface area contributed by atoms with E-state index in [1.807, 2.05) is 0 Å². The second kappa shape index (κ2) is 5.52. The molecule has 0 heterocycles. The number of hydrogen-bond acceptors (Lipinski definition) is 2. The molecule has 0 aliphatic carbocycles. The molecule has 0 aromatic rings. The van der Waals surface area contributed by atoms with Crippen LogP contribution in [0.4, 0.5) is 0 Å². The van der Waals surface area contributed by atoms with E-state index in [1.165, 1.54) is 0 Å². The van der Waals surface area contributed by atoms with Gasteiger partial charge >= 0.3 is 0 Å². The molecule has 0 bridgehead atoms. The van der Waals surface area contributed by atoms with Crippen LogP contribution in [0.1, 0.15) is 0 Å². The van der Waals surface area contributed by atoms with Crippen molar-refractivity contribution in [1.82, 2.24) is 4.72 Å². The fourth-order valence-electron chi connectivity index (χ4n) is 0.228. The third kappa shape index (κ3) is 7.38. The summed E-state index contributed by atoms with van der Waals surface area (Å²) in [5, 5.41) is 3.12. The number of nitrogens with zero attached hydrogens (tertiary/aromatic N) is 3. The van der Waals surface area contributed by atoms with Crippen molar-refractivity contribution in [3.8, 4) is 0 Å². The lowest BCUT2D eigenvalue weighted by Crippen LogP contribution is -2.19. The fraction of sp³-hybridized carbons (Fsp3) is 1.00. The maximum Gasteiger partial charge on any atom is 0.231 e. The Morgan fingerprint density at radius 3 is 3.00 bits per heavy atom. The highest BCUT2D eigenvalue weighted by atomic mass is 32.2. The van der Waals surface area contributed by atoms with Gasteiger partial charge < -0.3 is 0 Å². The monoisotopic (exact) mass is 150 g/mol. The van der Waals surface area contributed by atoms with Gasteiger partial charge in [0.25, 0.3) is 0 Å². The van der Waals surface area contributed by atoms with Gasteiger partial charge in [0.1, 0.15) is 0 Å². The zero-order valence-corrected chi connectivity index (χ0v) is 5.34. The maximum atomic E-state index is 9.83. The van der Waals surface area contributed by atoms with Gasteiger partial charge in [-0.15, -0.1) is 0 Å². The summed E-state index contributed by atoms with van der Waals surface area (Å²) in [6, 6.07) is 0. The van der Waals surface area contributed by atoms with E-state index >= 15 is 0 Å². The molecule has 0 saturated heterocycles. The first kappa shape index (κ1) is 8.38. The fourth-order valence-corrected chi connectivity index (χ4v) is 0.494. The summed E-state index contributed by atoms with van der Waals surface area (Å²) in [7, 11) is 0. The lowest BCUT2D eigenvalue weighted by molar-refractivity contribution is 0.549. The average Bonchev–Trinajstić information content (AvgIpc) is 1.80. The van der Waals surface area contributed by atoms with Gasteiger partial charge in [0.2, 0.25) is 11.3 Å². The highest BCUT2D eigenvalue weighted by Crippen LogP contribution is 1.68. The smallest absolute Gasteiger partial charge is 0.231 e. The van der Waals surface area contributed by atoms with E-state index in [0.29, 0.717) is 0 Å². The van der Waals surface area contributed by atoms with Crippen LogP contribution in [0, 0.1) is 0 Å². The van der Waals surface area contributed by atoms with Crippen molar-refractivity contribution in [3.05, 3.63) is 10.4 Å². The predicted molar refractivity (Wildman–Crippen MR) is 32.8 cm³/mol. The van der Waals surface area contributed by atoms with Gasteiger partial charge in [-0.1, -0.05) is 5.11 Å². The number of azide groups is 1. The molecule has 1 atom stereocenters. The molecule has 1 unspecified atom stereocenters. The standard InChI is InChI=1S/C2H6N4O2S/c3-6-4-1-2-5-9(7)8/h5H,1-2H2,(H,7,8). The van der Waals surface area contributed by atoms with Gasteiger partial charge in [0.05, 0.1) is 0 Å². The summed E-state index contributed by atoms with van der Waals surface area (Å²) >= 11 is -2.00. The number of hydrogen-bond donors (Lipinski definition) is 2. The molecule has 0 aromatic carbocycles. The minimum atomic E-state index is -2.00. The van der Waals surface area contributed by atoms with E-state index in [0.717, 1.165) is 0 Å². The molecule has 6 nitrogen and oxygen atoms in total. The van der Waals surface area contributed by atoms with Crippen LogP contribution >= 0.6 is 0 Å². The van der Waals surface area contributed by atoms with Crippen molar-refractivity contribution < 1.29 is 8.76 Å². The average molecular weight is 150 g/mol. The normalized spacial score (nSPS) is 12.1. The maximum absolute atomic E-state index is 9.83. The Morgan fingerprint density at radius 1 is 1.89 bits per heavy atom. The zero-order valence-electron chi connectivity index (χ0n) is 4.52. The lowest BCUT2D eigenvalue weighted by Gasteiger charge is -1.91. The van der Waals surface area contributed by atoms with Gasteiger partial charge in [-0.3, -0.25) is 4.55 Å². The molecule has 0 fully saturated rings. The van der Waals surface area contributed by atoms with Crippen LogP contribution in [0.3, 0.4) is 0 Å². The molecule has 0 aromatic heterocycles. The van der Waals surface area contributed by atoms with Gasteiger partial charge in [-0.05, 0) is 5.53 Å². The van der Waals surface area contributed by atoms with Crippen LogP contribution in [0.2, 0.25) is 0 Å². The summed E-state index contributed by atoms with van der Waals surface area (Å²) in [5.74, 6) is 0.